The van der Waals surface area contributed by atoms with Crippen molar-refractivity contribution in [2.24, 2.45) is 5.92 Å². The maximum absolute atomic E-state index is 4.39. The highest BCUT2D eigenvalue weighted by Gasteiger charge is 2.11. The van der Waals surface area contributed by atoms with Crippen LogP contribution in [0.3, 0.4) is 0 Å². The van der Waals surface area contributed by atoms with Crippen molar-refractivity contribution in [2.45, 2.75) is 33.2 Å². The Hall–Kier alpha value is -0.410. The van der Waals surface area contributed by atoms with Crippen LogP contribution in [-0.4, -0.2) is 17.6 Å². The maximum atomic E-state index is 4.39. The van der Waals surface area contributed by atoms with Crippen LogP contribution in [0.15, 0.2) is 22.8 Å². The third-order valence-corrected chi connectivity index (χ3v) is 3.17. The lowest BCUT2D eigenvalue weighted by Gasteiger charge is -2.20. The minimum Gasteiger partial charge on any atom is -0.314 e. The molecule has 0 aromatic carbocycles. The van der Waals surface area contributed by atoms with Gasteiger partial charge in [0.15, 0.2) is 0 Å². The lowest BCUT2D eigenvalue weighted by molar-refractivity contribution is 0.403. The second-order valence-corrected chi connectivity index (χ2v) is 4.91. The lowest BCUT2D eigenvalue weighted by Crippen LogP contribution is -2.33. The molecule has 0 fully saturated rings. The molecule has 0 saturated carbocycles. The summed E-state index contributed by atoms with van der Waals surface area (Å²) in [7, 11) is 0. The quantitative estimate of drug-likeness (QED) is 0.890. The molecule has 1 aromatic heterocycles. The topological polar surface area (TPSA) is 24.9 Å². The minimum atomic E-state index is 0.542. The van der Waals surface area contributed by atoms with Crippen molar-refractivity contribution < 1.29 is 0 Å². The van der Waals surface area contributed by atoms with E-state index in [2.05, 4.69) is 53.1 Å². The van der Waals surface area contributed by atoms with E-state index in [-0.39, 0.29) is 0 Å². The van der Waals surface area contributed by atoms with Gasteiger partial charge in [-0.05, 0) is 53.9 Å². The van der Waals surface area contributed by atoms with Gasteiger partial charge in [0.1, 0.15) is 0 Å². The van der Waals surface area contributed by atoms with Crippen LogP contribution in [0.2, 0.25) is 0 Å². The number of rotatable bonds is 5. The standard InChI is InChI=1S/C12H19BrN2/c1-4-14-10(3)9(2)7-12-6-5-11(13)8-15-12/h5-6,8-10,14H,4,7H2,1-3H3. The number of aromatic nitrogens is 1. The van der Waals surface area contributed by atoms with Crippen LogP contribution in [0.4, 0.5) is 0 Å². The highest BCUT2D eigenvalue weighted by atomic mass is 79.9. The first-order valence-corrected chi connectivity index (χ1v) is 6.26. The number of nitrogens with one attached hydrogen (secondary N) is 1. The fourth-order valence-electron chi connectivity index (χ4n) is 1.56. The van der Waals surface area contributed by atoms with Crippen LogP contribution in [0, 0.1) is 5.92 Å². The van der Waals surface area contributed by atoms with Gasteiger partial charge in [-0.15, -0.1) is 0 Å². The fourth-order valence-corrected chi connectivity index (χ4v) is 1.79. The molecule has 1 rings (SSSR count). The highest BCUT2D eigenvalue weighted by molar-refractivity contribution is 9.10. The number of halogens is 1. The Kier molecular flexibility index (Phi) is 5.26. The van der Waals surface area contributed by atoms with Gasteiger partial charge in [-0.25, -0.2) is 0 Å². The number of pyridine rings is 1. The summed E-state index contributed by atoms with van der Waals surface area (Å²) in [4.78, 5) is 4.39. The molecular formula is C12H19BrN2. The van der Waals surface area contributed by atoms with E-state index in [0.29, 0.717) is 12.0 Å². The zero-order valence-electron chi connectivity index (χ0n) is 9.63. The minimum absolute atomic E-state index is 0.542. The summed E-state index contributed by atoms with van der Waals surface area (Å²) >= 11 is 3.39. The molecule has 15 heavy (non-hydrogen) atoms. The van der Waals surface area contributed by atoms with Crippen LogP contribution in [0.5, 0.6) is 0 Å². The molecule has 0 bridgehead atoms. The Morgan fingerprint density at radius 1 is 1.40 bits per heavy atom. The van der Waals surface area contributed by atoms with Crippen molar-refractivity contribution in [1.29, 1.82) is 0 Å². The van der Waals surface area contributed by atoms with Gasteiger partial charge in [-0.1, -0.05) is 13.8 Å². The zero-order valence-corrected chi connectivity index (χ0v) is 11.2. The Morgan fingerprint density at radius 3 is 2.67 bits per heavy atom. The molecule has 2 unspecified atom stereocenters. The normalized spacial score (nSPS) is 14.9. The van der Waals surface area contributed by atoms with Crippen molar-refractivity contribution in [3.63, 3.8) is 0 Å². The molecule has 2 atom stereocenters. The van der Waals surface area contributed by atoms with E-state index in [0.717, 1.165) is 23.1 Å². The van der Waals surface area contributed by atoms with Crippen molar-refractivity contribution in [1.82, 2.24) is 10.3 Å². The largest absolute Gasteiger partial charge is 0.314 e. The summed E-state index contributed by atoms with van der Waals surface area (Å²) < 4.78 is 1.04. The van der Waals surface area contributed by atoms with Crippen LogP contribution in [0.25, 0.3) is 0 Å². The van der Waals surface area contributed by atoms with Crippen LogP contribution >= 0.6 is 15.9 Å². The third-order valence-electron chi connectivity index (χ3n) is 2.70. The maximum Gasteiger partial charge on any atom is 0.0413 e. The second-order valence-electron chi connectivity index (χ2n) is 4.00. The van der Waals surface area contributed by atoms with Crippen LogP contribution in [-0.2, 0) is 6.42 Å². The lowest BCUT2D eigenvalue weighted by atomic mass is 9.97. The van der Waals surface area contributed by atoms with Crippen LogP contribution in [0.1, 0.15) is 26.5 Å². The predicted molar refractivity (Wildman–Crippen MR) is 67.9 cm³/mol. The average molecular weight is 271 g/mol. The number of hydrogen-bond acceptors (Lipinski definition) is 2. The first kappa shape index (κ1) is 12.7. The average Bonchev–Trinajstić information content (AvgIpc) is 2.22. The van der Waals surface area contributed by atoms with E-state index in [1.807, 2.05) is 12.3 Å². The summed E-state index contributed by atoms with van der Waals surface area (Å²) in [5.41, 5.74) is 1.16. The molecule has 0 amide bonds. The first-order valence-electron chi connectivity index (χ1n) is 5.47. The van der Waals surface area contributed by atoms with Crippen molar-refractivity contribution in [3.8, 4) is 0 Å². The monoisotopic (exact) mass is 270 g/mol. The zero-order chi connectivity index (χ0) is 11.3. The van der Waals surface area contributed by atoms with Crippen molar-refractivity contribution in [2.75, 3.05) is 6.54 Å². The summed E-state index contributed by atoms with van der Waals surface area (Å²) in [6, 6.07) is 4.67. The van der Waals surface area contributed by atoms with E-state index in [1.165, 1.54) is 0 Å². The number of nitrogens with zero attached hydrogens (tertiary/aromatic N) is 1. The number of hydrogen-bond donors (Lipinski definition) is 1. The van der Waals surface area contributed by atoms with Crippen molar-refractivity contribution in [3.05, 3.63) is 28.5 Å². The first-order chi connectivity index (χ1) is 7.13. The molecule has 0 aliphatic heterocycles. The summed E-state index contributed by atoms with van der Waals surface area (Å²) in [5.74, 6) is 0.610. The van der Waals surface area contributed by atoms with Gasteiger partial charge in [-0.3, -0.25) is 4.98 Å². The van der Waals surface area contributed by atoms with Gasteiger partial charge in [0.05, 0.1) is 0 Å². The van der Waals surface area contributed by atoms with Gasteiger partial charge in [0, 0.05) is 22.4 Å². The summed E-state index contributed by atoms with van der Waals surface area (Å²) in [6.07, 6.45) is 2.89. The Morgan fingerprint density at radius 2 is 2.13 bits per heavy atom. The Labute approximate surface area is 101 Å². The van der Waals surface area contributed by atoms with E-state index in [4.69, 9.17) is 0 Å². The molecule has 0 aliphatic carbocycles. The predicted octanol–water partition coefficient (Wildman–Crippen LogP) is 3.02. The van der Waals surface area contributed by atoms with E-state index in [1.54, 1.807) is 0 Å². The molecule has 84 valence electrons. The van der Waals surface area contributed by atoms with Gasteiger partial charge in [0.2, 0.25) is 0 Å². The second kappa shape index (κ2) is 6.23. The van der Waals surface area contributed by atoms with Gasteiger partial charge in [-0.2, -0.15) is 0 Å². The molecule has 0 saturated heterocycles. The van der Waals surface area contributed by atoms with E-state index < -0.39 is 0 Å². The summed E-state index contributed by atoms with van der Waals surface area (Å²) in [6.45, 7) is 7.66. The molecule has 3 heteroatoms. The smallest absolute Gasteiger partial charge is 0.0413 e. The molecule has 0 aliphatic rings. The molecule has 2 nitrogen and oxygen atoms in total. The molecular weight excluding hydrogens is 252 g/mol. The van der Waals surface area contributed by atoms with Crippen molar-refractivity contribution >= 4 is 15.9 Å². The Balaban J connectivity index is 2.50. The van der Waals surface area contributed by atoms with Crippen LogP contribution < -0.4 is 5.32 Å². The van der Waals surface area contributed by atoms with Gasteiger partial charge >= 0.3 is 0 Å². The van der Waals surface area contributed by atoms with Gasteiger partial charge in [0.25, 0.3) is 0 Å². The highest BCUT2D eigenvalue weighted by Crippen LogP contribution is 2.13. The SMILES string of the molecule is CCNC(C)C(C)Cc1ccc(Br)cn1. The fraction of sp³-hybridized carbons (Fsp3) is 0.583. The molecule has 0 spiro atoms. The molecule has 1 N–H and O–H groups in total. The molecule has 0 radical (unpaired) electrons. The van der Waals surface area contributed by atoms with E-state index >= 15 is 0 Å². The third kappa shape index (κ3) is 4.31. The Bertz CT molecular complexity index is 284. The molecule has 1 aromatic rings. The molecule has 1 heterocycles. The van der Waals surface area contributed by atoms with Gasteiger partial charge < -0.3 is 5.32 Å². The summed E-state index contributed by atoms with van der Waals surface area (Å²) in [5, 5.41) is 3.44. The van der Waals surface area contributed by atoms with E-state index in [9.17, 15) is 0 Å².